The van der Waals surface area contributed by atoms with E-state index in [9.17, 15) is 4.79 Å². The molecule has 0 aliphatic rings. The molecule has 1 atom stereocenters. The van der Waals surface area contributed by atoms with Gasteiger partial charge in [-0.15, -0.1) is 5.10 Å². The molecule has 1 aromatic carbocycles. The fraction of sp³-hybridized carbons (Fsp3) is 0.357. The summed E-state index contributed by atoms with van der Waals surface area (Å²) in [5.74, 6) is -0.219. The van der Waals surface area contributed by atoms with Crippen LogP contribution in [0, 0.1) is 0 Å². The molecule has 1 unspecified atom stereocenters. The number of nitrogens with two attached hydrogens (primary N) is 1. The van der Waals surface area contributed by atoms with Crippen LogP contribution in [0.1, 0.15) is 35.4 Å². The van der Waals surface area contributed by atoms with E-state index in [0.29, 0.717) is 18.8 Å². The number of benzene rings is 1. The first-order chi connectivity index (χ1) is 9.74. The van der Waals surface area contributed by atoms with Gasteiger partial charge in [-0.05, 0) is 12.0 Å². The summed E-state index contributed by atoms with van der Waals surface area (Å²) in [4.78, 5) is 12.1. The van der Waals surface area contributed by atoms with E-state index in [-0.39, 0.29) is 11.9 Å². The Labute approximate surface area is 118 Å². The largest absolute Gasteiger partial charge is 0.344 e. The first-order valence-electron chi connectivity index (χ1n) is 6.70. The number of amides is 1. The molecule has 2 aromatic rings. The fourth-order valence-electron chi connectivity index (χ4n) is 1.98. The number of hydrogen-bond donors (Lipinski definition) is 2. The van der Waals surface area contributed by atoms with Crippen LogP contribution in [0.4, 0.5) is 0 Å². The van der Waals surface area contributed by atoms with Crippen molar-refractivity contribution in [1.82, 2.24) is 20.3 Å². The van der Waals surface area contributed by atoms with Gasteiger partial charge in [0.25, 0.3) is 5.91 Å². The first kappa shape index (κ1) is 14.2. The molecule has 6 heteroatoms. The van der Waals surface area contributed by atoms with E-state index < -0.39 is 0 Å². The topological polar surface area (TPSA) is 85.8 Å². The van der Waals surface area contributed by atoms with Gasteiger partial charge in [0.05, 0.1) is 18.8 Å². The highest BCUT2D eigenvalue weighted by Gasteiger charge is 2.16. The molecule has 0 radical (unpaired) electrons. The number of carbonyl (C=O) groups is 1. The van der Waals surface area contributed by atoms with Gasteiger partial charge in [-0.25, -0.2) is 0 Å². The maximum atomic E-state index is 12.1. The molecule has 0 saturated heterocycles. The summed E-state index contributed by atoms with van der Waals surface area (Å²) in [5.41, 5.74) is 6.83. The minimum absolute atomic E-state index is 0.0247. The van der Waals surface area contributed by atoms with Crippen LogP contribution < -0.4 is 11.1 Å². The van der Waals surface area contributed by atoms with Crippen LogP contribution in [0.2, 0.25) is 0 Å². The standard InChI is InChI=1S/C14H19N5O/c1-2-12(11-6-4-3-5-7-11)16-14(20)13-10-19(9-8-15)18-17-13/h3-7,10,12H,2,8-9,15H2,1H3,(H,16,20). The Morgan fingerprint density at radius 3 is 2.80 bits per heavy atom. The van der Waals surface area contributed by atoms with Crippen LogP contribution in [0.5, 0.6) is 0 Å². The van der Waals surface area contributed by atoms with Gasteiger partial charge in [0, 0.05) is 6.54 Å². The predicted molar refractivity (Wildman–Crippen MR) is 76.0 cm³/mol. The Hall–Kier alpha value is -2.21. The van der Waals surface area contributed by atoms with E-state index in [1.165, 1.54) is 0 Å². The van der Waals surface area contributed by atoms with Gasteiger partial charge in [0.1, 0.15) is 0 Å². The number of nitrogens with zero attached hydrogens (tertiary/aromatic N) is 3. The highest BCUT2D eigenvalue weighted by atomic mass is 16.2. The zero-order chi connectivity index (χ0) is 14.4. The predicted octanol–water partition coefficient (Wildman–Crippen LogP) is 1.12. The van der Waals surface area contributed by atoms with Gasteiger partial charge in [-0.2, -0.15) is 0 Å². The van der Waals surface area contributed by atoms with Crippen molar-refractivity contribution in [3.63, 3.8) is 0 Å². The molecular formula is C14H19N5O. The third kappa shape index (κ3) is 3.42. The van der Waals surface area contributed by atoms with Crippen molar-refractivity contribution in [1.29, 1.82) is 0 Å². The van der Waals surface area contributed by atoms with Gasteiger partial charge in [-0.1, -0.05) is 42.5 Å². The summed E-state index contributed by atoms with van der Waals surface area (Å²) in [6, 6.07) is 9.85. The maximum absolute atomic E-state index is 12.1. The number of nitrogens with one attached hydrogen (secondary N) is 1. The first-order valence-corrected chi connectivity index (χ1v) is 6.70. The number of rotatable bonds is 6. The van der Waals surface area contributed by atoms with Gasteiger partial charge in [-0.3, -0.25) is 9.48 Å². The van der Waals surface area contributed by atoms with Crippen molar-refractivity contribution in [3.8, 4) is 0 Å². The van der Waals surface area contributed by atoms with Crippen molar-refractivity contribution in [2.75, 3.05) is 6.54 Å². The van der Waals surface area contributed by atoms with Crippen LogP contribution in [0.25, 0.3) is 0 Å². The lowest BCUT2D eigenvalue weighted by Gasteiger charge is -2.16. The van der Waals surface area contributed by atoms with Gasteiger partial charge in [0.2, 0.25) is 0 Å². The summed E-state index contributed by atoms with van der Waals surface area (Å²) in [7, 11) is 0. The second kappa shape index (κ2) is 6.81. The minimum atomic E-state index is -0.219. The average molecular weight is 273 g/mol. The quantitative estimate of drug-likeness (QED) is 0.825. The lowest BCUT2D eigenvalue weighted by Crippen LogP contribution is -2.28. The number of hydrogen-bond acceptors (Lipinski definition) is 4. The normalized spacial score (nSPS) is 12.1. The molecule has 1 heterocycles. The van der Waals surface area contributed by atoms with Crippen LogP contribution in [0.3, 0.4) is 0 Å². The molecule has 0 fully saturated rings. The third-order valence-electron chi connectivity index (χ3n) is 3.05. The smallest absolute Gasteiger partial charge is 0.273 e. The highest BCUT2D eigenvalue weighted by Crippen LogP contribution is 2.16. The van der Waals surface area contributed by atoms with Crippen LogP contribution in [-0.2, 0) is 6.54 Å². The molecule has 1 aromatic heterocycles. The van der Waals surface area contributed by atoms with Crippen molar-refractivity contribution in [3.05, 3.63) is 47.8 Å². The number of carbonyl (C=O) groups excluding carboxylic acids is 1. The second-order valence-corrected chi connectivity index (χ2v) is 4.50. The van der Waals surface area contributed by atoms with E-state index in [4.69, 9.17) is 5.73 Å². The van der Waals surface area contributed by atoms with Crippen molar-refractivity contribution in [2.45, 2.75) is 25.9 Å². The fourth-order valence-corrected chi connectivity index (χ4v) is 1.98. The van der Waals surface area contributed by atoms with Gasteiger partial charge in [0.15, 0.2) is 5.69 Å². The molecular weight excluding hydrogens is 254 g/mol. The van der Waals surface area contributed by atoms with E-state index in [2.05, 4.69) is 15.6 Å². The third-order valence-corrected chi connectivity index (χ3v) is 3.05. The van der Waals surface area contributed by atoms with E-state index in [1.54, 1.807) is 10.9 Å². The van der Waals surface area contributed by atoms with Crippen LogP contribution >= 0.6 is 0 Å². The Morgan fingerprint density at radius 2 is 2.15 bits per heavy atom. The summed E-state index contributed by atoms with van der Waals surface area (Å²) in [6.07, 6.45) is 2.42. The monoisotopic (exact) mass is 273 g/mol. The van der Waals surface area contributed by atoms with Crippen molar-refractivity contribution in [2.24, 2.45) is 5.73 Å². The molecule has 106 valence electrons. The Balaban J connectivity index is 2.05. The summed E-state index contributed by atoms with van der Waals surface area (Å²) >= 11 is 0. The van der Waals surface area contributed by atoms with E-state index in [0.717, 1.165) is 12.0 Å². The van der Waals surface area contributed by atoms with Gasteiger partial charge < -0.3 is 11.1 Å². The summed E-state index contributed by atoms with van der Waals surface area (Å²) in [6.45, 7) is 3.05. The Morgan fingerprint density at radius 1 is 1.40 bits per heavy atom. The highest BCUT2D eigenvalue weighted by molar-refractivity contribution is 5.92. The molecule has 0 saturated carbocycles. The van der Waals surface area contributed by atoms with E-state index in [1.807, 2.05) is 37.3 Å². The molecule has 0 aliphatic heterocycles. The zero-order valence-electron chi connectivity index (χ0n) is 11.5. The second-order valence-electron chi connectivity index (χ2n) is 4.50. The summed E-state index contributed by atoms with van der Waals surface area (Å²) < 4.78 is 1.57. The molecule has 2 rings (SSSR count). The van der Waals surface area contributed by atoms with Crippen molar-refractivity contribution >= 4 is 5.91 Å². The van der Waals surface area contributed by atoms with Crippen LogP contribution in [-0.4, -0.2) is 27.4 Å². The summed E-state index contributed by atoms with van der Waals surface area (Å²) in [5, 5.41) is 10.7. The molecule has 20 heavy (non-hydrogen) atoms. The molecule has 0 bridgehead atoms. The van der Waals surface area contributed by atoms with Crippen molar-refractivity contribution < 1.29 is 4.79 Å². The molecule has 0 aliphatic carbocycles. The average Bonchev–Trinajstić information content (AvgIpc) is 2.94. The SMILES string of the molecule is CCC(NC(=O)c1cn(CCN)nn1)c1ccccc1. The van der Waals surface area contributed by atoms with E-state index >= 15 is 0 Å². The molecule has 1 amide bonds. The number of aromatic nitrogens is 3. The van der Waals surface area contributed by atoms with Crippen LogP contribution in [0.15, 0.2) is 36.5 Å². The lowest BCUT2D eigenvalue weighted by molar-refractivity contribution is 0.0930. The lowest BCUT2D eigenvalue weighted by atomic mass is 10.0. The molecule has 6 nitrogen and oxygen atoms in total. The zero-order valence-corrected chi connectivity index (χ0v) is 11.5. The minimum Gasteiger partial charge on any atom is -0.344 e. The van der Waals surface area contributed by atoms with Gasteiger partial charge >= 0.3 is 0 Å². The Kier molecular flexibility index (Phi) is 4.84. The maximum Gasteiger partial charge on any atom is 0.273 e. The molecule has 3 N–H and O–H groups in total. The molecule has 0 spiro atoms. The Bertz CT molecular complexity index is 552.